The molecule has 0 heterocycles. The number of benzene rings is 1. The van der Waals surface area contributed by atoms with Crippen molar-refractivity contribution in [3.63, 3.8) is 0 Å². The van der Waals surface area contributed by atoms with Gasteiger partial charge in [0.1, 0.15) is 11.5 Å². The number of phenols is 2. The van der Waals surface area contributed by atoms with Crippen molar-refractivity contribution in [3.05, 3.63) is 58.2 Å². The molecule has 1 aromatic carbocycles. The van der Waals surface area contributed by atoms with Crippen LogP contribution in [-0.2, 0) is 6.42 Å². The standard InChI is InChI=1S/C22H30O3/c1-16(2)7-5-8-17(3)9-6-10-18(4)11-12-19-13-21(24)14-20(15-23)22(19)25/h7,9,11,13-15,24-25H,5-6,8,10,12H2,1-4H3. The minimum atomic E-state index is -0.0492. The maximum absolute atomic E-state index is 10.9. The van der Waals surface area contributed by atoms with Crippen LogP contribution in [0, 0.1) is 0 Å². The predicted octanol–water partition coefficient (Wildman–Crippen LogP) is 5.87. The molecule has 0 saturated carbocycles. The van der Waals surface area contributed by atoms with E-state index in [1.54, 1.807) is 0 Å². The van der Waals surface area contributed by atoms with Crippen LogP contribution in [-0.4, -0.2) is 16.5 Å². The summed E-state index contributed by atoms with van der Waals surface area (Å²) in [5.74, 6) is -0.0530. The molecule has 0 radical (unpaired) electrons. The van der Waals surface area contributed by atoms with Crippen LogP contribution >= 0.6 is 0 Å². The van der Waals surface area contributed by atoms with E-state index in [1.807, 2.05) is 6.08 Å². The van der Waals surface area contributed by atoms with Crippen molar-refractivity contribution < 1.29 is 15.0 Å². The molecule has 3 nitrogen and oxygen atoms in total. The van der Waals surface area contributed by atoms with E-state index in [2.05, 4.69) is 39.8 Å². The van der Waals surface area contributed by atoms with Gasteiger partial charge in [0.15, 0.2) is 6.29 Å². The van der Waals surface area contributed by atoms with E-state index in [-0.39, 0.29) is 17.1 Å². The average Bonchev–Trinajstić information content (AvgIpc) is 2.54. The van der Waals surface area contributed by atoms with E-state index in [0.717, 1.165) is 25.7 Å². The number of hydrogen-bond acceptors (Lipinski definition) is 3. The number of aldehydes is 1. The Morgan fingerprint density at radius 2 is 1.52 bits per heavy atom. The Morgan fingerprint density at radius 1 is 0.920 bits per heavy atom. The third kappa shape index (κ3) is 7.88. The van der Waals surface area contributed by atoms with Gasteiger partial charge in [0.05, 0.1) is 5.56 Å². The molecule has 25 heavy (non-hydrogen) atoms. The Hall–Kier alpha value is -2.29. The molecule has 0 amide bonds. The molecule has 0 aliphatic carbocycles. The third-order valence-electron chi connectivity index (χ3n) is 4.12. The Bertz CT molecular complexity index is 675. The van der Waals surface area contributed by atoms with E-state index in [1.165, 1.54) is 28.9 Å². The summed E-state index contributed by atoms with van der Waals surface area (Å²) in [6.45, 7) is 8.47. The van der Waals surface area contributed by atoms with Crippen LogP contribution in [0.1, 0.15) is 69.3 Å². The number of hydrogen-bond donors (Lipinski definition) is 2. The minimum Gasteiger partial charge on any atom is -0.508 e. The van der Waals surface area contributed by atoms with Crippen molar-refractivity contribution in [3.8, 4) is 11.5 Å². The molecule has 0 saturated heterocycles. The van der Waals surface area contributed by atoms with Gasteiger partial charge in [-0.05, 0) is 71.9 Å². The molecular formula is C22H30O3. The first kappa shape index (κ1) is 20.8. The fourth-order valence-corrected chi connectivity index (χ4v) is 2.57. The summed E-state index contributed by atoms with van der Waals surface area (Å²) in [6.07, 6.45) is 11.8. The van der Waals surface area contributed by atoms with Crippen LogP contribution < -0.4 is 0 Å². The second-order valence-corrected chi connectivity index (χ2v) is 6.82. The first-order chi connectivity index (χ1) is 11.8. The Labute approximate surface area is 151 Å². The van der Waals surface area contributed by atoms with Crippen molar-refractivity contribution in [2.45, 2.75) is 59.8 Å². The van der Waals surface area contributed by atoms with Gasteiger partial charge >= 0.3 is 0 Å². The Morgan fingerprint density at radius 3 is 2.12 bits per heavy atom. The second-order valence-electron chi connectivity index (χ2n) is 6.82. The van der Waals surface area contributed by atoms with Crippen LogP contribution in [0.3, 0.4) is 0 Å². The highest BCUT2D eigenvalue weighted by Gasteiger charge is 2.08. The monoisotopic (exact) mass is 342 g/mol. The smallest absolute Gasteiger partial charge is 0.153 e. The normalized spacial score (nSPS) is 12.2. The van der Waals surface area contributed by atoms with E-state index < -0.39 is 0 Å². The molecule has 0 spiro atoms. The summed E-state index contributed by atoms with van der Waals surface area (Å²) in [6, 6.07) is 2.77. The maximum atomic E-state index is 10.9. The van der Waals surface area contributed by atoms with Crippen LogP contribution in [0.4, 0.5) is 0 Å². The van der Waals surface area contributed by atoms with Crippen LogP contribution in [0.15, 0.2) is 47.1 Å². The zero-order valence-electron chi connectivity index (χ0n) is 15.8. The van der Waals surface area contributed by atoms with Crippen molar-refractivity contribution in [1.82, 2.24) is 0 Å². The van der Waals surface area contributed by atoms with Gasteiger partial charge in [-0.3, -0.25) is 4.79 Å². The topological polar surface area (TPSA) is 57.5 Å². The SMILES string of the molecule is CC(C)=CCCC(C)=CCCC(C)=CCc1cc(O)cc(C=O)c1O. The lowest BCUT2D eigenvalue weighted by Crippen LogP contribution is -1.90. The molecule has 3 heteroatoms. The molecule has 0 fully saturated rings. The molecule has 1 rings (SSSR count). The molecule has 0 bridgehead atoms. The van der Waals surface area contributed by atoms with E-state index in [4.69, 9.17) is 0 Å². The van der Waals surface area contributed by atoms with Crippen LogP contribution in [0.5, 0.6) is 11.5 Å². The zero-order valence-corrected chi connectivity index (χ0v) is 15.8. The second kappa shape index (κ2) is 10.5. The Kier molecular flexibility index (Phi) is 8.76. The number of rotatable bonds is 9. The number of phenolic OH excluding ortho intramolecular Hbond substituents is 2. The van der Waals surface area contributed by atoms with Crippen molar-refractivity contribution in [2.24, 2.45) is 0 Å². The quantitative estimate of drug-likeness (QED) is 0.335. The molecule has 0 aliphatic heterocycles. The van der Waals surface area contributed by atoms with E-state index in [0.29, 0.717) is 18.3 Å². The number of aromatic hydroxyl groups is 2. The van der Waals surface area contributed by atoms with Gasteiger partial charge in [0.25, 0.3) is 0 Å². The molecule has 0 atom stereocenters. The maximum Gasteiger partial charge on any atom is 0.153 e. The largest absolute Gasteiger partial charge is 0.508 e. The van der Waals surface area contributed by atoms with Gasteiger partial charge in [0, 0.05) is 5.56 Å². The summed E-state index contributed by atoms with van der Waals surface area (Å²) in [7, 11) is 0. The number of carbonyl (C=O) groups is 1. The van der Waals surface area contributed by atoms with Crippen LogP contribution in [0.2, 0.25) is 0 Å². The zero-order chi connectivity index (χ0) is 18.8. The first-order valence-electron chi connectivity index (χ1n) is 8.78. The summed E-state index contributed by atoms with van der Waals surface area (Å²) >= 11 is 0. The molecule has 0 aliphatic rings. The molecule has 2 N–H and O–H groups in total. The summed E-state index contributed by atoms with van der Waals surface area (Å²) in [4.78, 5) is 10.9. The lowest BCUT2D eigenvalue weighted by molar-refractivity contribution is 0.112. The third-order valence-corrected chi connectivity index (χ3v) is 4.12. The van der Waals surface area contributed by atoms with E-state index >= 15 is 0 Å². The Balaban J connectivity index is 2.56. The highest BCUT2D eigenvalue weighted by molar-refractivity contribution is 5.81. The lowest BCUT2D eigenvalue weighted by atomic mass is 10.0. The van der Waals surface area contributed by atoms with Gasteiger partial charge < -0.3 is 10.2 Å². The molecule has 0 aromatic heterocycles. The van der Waals surface area contributed by atoms with Gasteiger partial charge in [0.2, 0.25) is 0 Å². The molecule has 1 aromatic rings. The summed E-state index contributed by atoms with van der Waals surface area (Å²) in [5.41, 5.74) is 4.68. The first-order valence-corrected chi connectivity index (χ1v) is 8.78. The lowest BCUT2D eigenvalue weighted by Gasteiger charge is -2.06. The number of carbonyl (C=O) groups excluding carboxylic acids is 1. The average molecular weight is 342 g/mol. The van der Waals surface area contributed by atoms with Gasteiger partial charge in [-0.15, -0.1) is 0 Å². The minimum absolute atomic E-state index is 0.00382. The van der Waals surface area contributed by atoms with E-state index in [9.17, 15) is 15.0 Å². The van der Waals surface area contributed by atoms with Gasteiger partial charge in [-0.1, -0.05) is 34.9 Å². The van der Waals surface area contributed by atoms with Gasteiger partial charge in [-0.2, -0.15) is 0 Å². The van der Waals surface area contributed by atoms with Crippen molar-refractivity contribution >= 4 is 6.29 Å². The van der Waals surface area contributed by atoms with Crippen molar-refractivity contribution in [2.75, 3.05) is 0 Å². The summed E-state index contributed by atoms with van der Waals surface area (Å²) in [5, 5.41) is 19.6. The molecule has 0 unspecified atom stereocenters. The van der Waals surface area contributed by atoms with Crippen LogP contribution in [0.25, 0.3) is 0 Å². The highest BCUT2D eigenvalue weighted by atomic mass is 16.3. The number of allylic oxidation sites excluding steroid dienone is 6. The molecule has 136 valence electrons. The predicted molar refractivity (Wildman–Crippen MR) is 104 cm³/mol. The summed E-state index contributed by atoms with van der Waals surface area (Å²) < 4.78 is 0. The van der Waals surface area contributed by atoms with Gasteiger partial charge in [-0.25, -0.2) is 0 Å². The fraction of sp³-hybridized carbons (Fsp3) is 0.409. The van der Waals surface area contributed by atoms with Crippen molar-refractivity contribution in [1.29, 1.82) is 0 Å². The highest BCUT2D eigenvalue weighted by Crippen LogP contribution is 2.27. The molecular weight excluding hydrogens is 312 g/mol. The fourth-order valence-electron chi connectivity index (χ4n) is 2.57.